The first-order valence-electron chi connectivity index (χ1n) is 13.6. The van der Waals surface area contributed by atoms with Gasteiger partial charge in [-0.15, -0.1) is 0 Å². The van der Waals surface area contributed by atoms with Crippen LogP contribution in [0.2, 0.25) is 10.0 Å². The van der Waals surface area contributed by atoms with Gasteiger partial charge in [0.2, 0.25) is 5.91 Å². The summed E-state index contributed by atoms with van der Waals surface area (Å²) in [6.07, 6.45) is -1.49. The molecule has 0 aliphatic carbocycles. The number of carbonyl (C=O) groups is 3. The van der Waals surface area contributed by atoms with Gasteiger partial charge >= 0.3 is 6.09 Å². The average Bonchev–Trinajstić information content (AvgIpc) is 3.37. The number of ether oxygens (including phenoxy) is 2. The Labute approximate surface area is 258 Å². The standard InChI is InChI=1S/C31H31Cl2FN4O5/c1-30(2,3)14-23-31(20-12-7-16(32)13-22(20)37-28(31)40)25(19-5-4-6-21(33)26(19)34)27(38-23)43-29(41)36-17-8-10-18(11-9-17)42-15-24(35)39/h4-13,23,25,27,38H,14-15H2,1-3H3,(H2,35,39)(H,36,41)(H,37,40)/t23-,25-,27+,31+/m0/s1. The highest BCUT2D eigenvalue weighted by molar-refractivity contribution is 6.31. The molecule has 1 spiro atoms. The van der Waals surface area contributed by atoms with Gasteiger partial charge in [0, 0.05) is 22.4 Å². The molecule has 3 aromatic rings. The van der Waals surface area contributed by atoms with Crippen molar-refractivity contribution in [3.05, 3.63) is 87.7 Å². The fourth-order valence-electron chi connectivity index (χ4n) is 6.02. The molecule has 2 heterocycles. The van der Waals surface area contributed by atoms with Gasteiger partial charge in [-0.25, -0.2) is 9.18 Å². The molecule has 43 heavy (non-hydrogen) atoms. The second-order valence-corrected chi connectivity index (χ2v) is 12.7. The van der Waals surface area contributed by atoms with Crippen molar-refractivity contribution in [3.8, 4) is 5.75 Å². The first-order valence-corrected chi connectivity index (χ1v) is 14.4. The number of hydrogen-bond donors (Lipinski definition) is 4. The van der Waals surface area contributed by atoms with E-state index in [0.717, 1.165) is 0 Å². The molecule has 12 heteroatoms. The van der Waals surface area contributed by atoms with Crippen molar-refractivity contribution in [2.45, 2.75) is 50.8 Å². The Morgan fingerprint density at radius 2 is 1.81 bits per heavy atom. The predicted molar refractivity (Wildman–Crippen MR) is 162 cm³/mol. The lowest BCUT2D eigenvalue weighted by molar-refractivity contribution is -0.122. The van der Waals surface area contributed by atoms with Gasteiger partial charge in [-0.1, -0.05) is 62.2 Å². The van der Waals surface area contributed by atoms with E-state index >= 15 is 4.39 Å². The van der Waals surface area contributed by atoms with Gasteiger partial charge in [-0.3, -0.25) is 20.2 Å². The molecule has 1 fully saturated rings. The summed E-state index contributed by atoms with van der Waals surface area (Å²) in [6.45, 7) is 5.81. The molecule has 0 unspecified atom stereocenters. The van der Waals surface area contributed by atoms with Crippen molar-refractivity contribution in [1.29, 1.82) is 0 Å². The number of halogens is 3. The Morgan fingerprint density at radius 3 is 2.49 bits per heavy atom. The van der Waals surface area contributed by atoms with Crippen molar-refractivity contribution in [1.82, 2.24) is 5.32 Å². The summed E-state index contributed by atoms with van der Waals surface area (Å²) >= 11 is 12.5. The number of carbonyl (C=O) groups excluding carboxylic acids is 3. The second kappa shape index (κ2) is 11.7. The largest absolute Gasteiger partial charge is 0.484 e. The van der Waals surface area contributed by atoms with Crippen LogP contribution in [0, 0.1) is 11.2 Å². The summed E-state index contributed by atoms with van der Waals surface area (Å²) < 4.78 is 27.0. The highest BCUT2D eigenvalue weighted by Gasteiger charge is 2.66. The zero-order chi connectivity index (χ0) is 31.1. The molecular formula is C31H31Cl2FN4O5. The maximum Gasteiger partial charge on any atom is 0.413 e. The second-order valence-electron chi connectivity index (χ2n) is 11.8. The maximum absolute atomic E-state index is 15.8. The molecule has 1 saturated heterocycles. The van der Waals surface area contributed by atoms with Crippen LogP contribution in [-0.4, -0.2) is 36.8 Å². The van der Waals surface area contributed by atoms with Crippen molar-refractivity contribution in [2.24, 2.45) is 11.1 Å². The van der Waals surface area contributed by atoms with E-state index in [0.29, 0.717) is 34.1 Å². The Bertz CT molecular complexity index is 1580. The number of rotatable bonds is 7. The van der Waals surface area contributed by atoms with E-state index < -0.39 is 41.4 Å². The number of primary amides is 1. The van der Waals surface area contributed by atoms with Crippen LogP contribution in [0.25, 0.3) is 0 Å². The van der Waals surface area contributed by atoms with Crippen molar-refractivity contribution in [2.75, 3.05) is 17.2 Å². The van der Waals surface area contributed by atoms with E-state index in [9.17, 15) is 14.4 Å². The minimum absolute atomic E-state index is 0.122. The fourth-order valence-corrected chi connectivity index (χ4v) is 6.37. The van der Waals surface area contributed by atoms with E-state index in [-0.39, 0.29) is 28.5 Å². The molecule has 9 nitrogen and oxygen atoms in total. The monoisotopic (exact) mass is 628 g/mol. The summed E-state index contributed by atoms with van der Waals surface area (Å²) in [5, 5.41) is 9.27. The van der Waals surface area contributed by atoms with Gasteiger partial charge in [-0.2, -0.15) is 0 Å². The third kappa shape index (κ3) is 6.00. The minimum atomic E-state index is -1.37. The first kappa shape index (κ1) is 30.6. The van der Waals surface area contributed by atoms with Gasteiger partial charge in [0.05, 0.1) is 10.9 Å². The van der Waals surface area contributed by atoms with Crippen molar-refractivity contribution >= 4 is 52.5 Å². The number of fused-ring (bicyclic) bond motifs is 2. The zero-order valence-corrected chi connectivity index (χ0v) is 25.2. The normalized spacial score (nSPS) is 22.7. The quantitative estimate of drug-likeness (QED) is 0.255. The van der Waals surface area contributed by atoms with Gasteiger partial charge in [0.25, 0.3) is 5.91 Å². The topological polar surface area (TPSA) is 132 Å². The van der Waals surface area contributed by atoms with Gasteiger partial charge < -0.3 is 20.5 Å². The highest BCUT2D eigenvalue weighted by atomic mass is 35.5. The molecular weight excluding hydrogens is 598 g/mol. The van der Waals surface area contributed by atoms with Crippen molar-refractivity contribution in [3.63, 3.8) is 0 Å². The van der Waals surface area contributed by atoms with Crippen LogP contribution in [0.15, 0.2) is 60.7 Å². The molecule has 3 aromatic carbocycles. The van der Waals surface area contributed by atoms with Crippen molar-refractivity contribution < 1.29 is 28.2 Å². The SMILES string of the molecule is CC(C)(C)C[C@@H]1N[C@H](OC(=O)Nc2ccc(OCC(N)=O)cc2)[C@H](c2cccc(Cl)c2F)[C@]12C(=O)Nc1cc(Cl)ccc12. The van der Waals surface area contributed by atoms with E-state index in [1.54, 1.807) is 54.6 Å². The van der Waals surface area contributed by atoms with Crippen LogP contribution in [0.5, 0.6) is 5.75 Å². The predicted octanol–water partition coefficient (Wildman–Crippen LogP) is 5.95. The summed E-state index contributed by atoms with van der Waals surface area (Å²) in [4.78, 5) is 38.4. The molecule has 4 atom stereocenters. The Balaban J connectivity index is 1.54. The van der Waals surface area contributed by atoms with Crippen LogP contribution >= 0.6 is 23.2 Å². The molecule has 3 amide bonds. The molecule has 5 N–H and O–H groups in total. The maximum atomic E-state index is 15.8. The average molecular weight is 630 g/mol. The lowest BCUT2D eigenvalue weighted by atomic mass is 9.63. The summed E-state index contributed by atoms with van der Waals surface area (Å²) in [6, 6.07) is 15.3. The van der Waals surface area contributed by atoms with Crippen LogP contribution in [0.4, 0.5) is 20.6 Å². The smallest absolute Gasteiger partial charge is 0.413 e. The molecule has 2 aliphatic rings. The zero-order valence-electron chi connectivity index (χ0n) is 23.7. The van der Waals surface area contributed by atoms with Gasteiger partial charge in [-0.05, 0) is 65.4 Å². The molecule has 2 aliphatic heterocycles. The lowest BCUT2D eigenvalue weighted by Crippen LogP contribution is -2.49. The summed E-state index contributed by atoms with van der Waals surface area (Å²) in [5.74, 6) is -2.32. The van der Waals surface area contributed by atoms with Crippen LogP contribution in [0.1, 0.15) is 44.2 Å². The molecule has 5 rings (SSSR count). The van der Waals surface area contributed by atoms with E-state index in [1.165, 1.54) is 6.07 Å². The molecule has 0 radical (unpaired) electrons. The Morgan fingerprint density at radius 1 is 1.09 bits per heavy atom. The van der Waals surface area contributed by atoms with E-state index in [4.69, 9.17) is 38.4 Å². The third-order valence-corrected chi connectivity index (χ3v) is 8.14. The third-order valence-electron chi connectivity index (χ3n) is 7.61. The van der Waals surface area contributed by atoms with Crippen LogP contribution in [0.3, 0.4) is 0 Å². The first-order chi connectivity index (χ1) is 20.3. The number of anilines is 2. The van der Waals surface area contributed by atoms with Gasteiger partial charge in [0.15, 0.2) is 12.8 Å². The molecule has 226 valence electrons. The Kier molecular flexibility index (Phi) is 8.30. The van der Waals surface area contributed by atoms with Crippen LogP contribution in [-0.2, 0) is 19.7 Å². The fraction of sp³-hybridized carbons (Fsp3) is 0.323. The van der Waals surface area contributed by atoms with Gasteiger partial charge in [0.1, 0.15) is 17.0 Å². The number of nitrogens with two attached hydrogens (primary N) is 1. The number of benzene rings is 3. The Hall–Kier alpha value is -3.86. The highest BCUT2D eigenvalue weighted by Crippen LogP contribution is 2.57. The van der Waals surface area contributed by atoms with E-state index in [2.05, 4.69) is 16.0 Å². The molecule has 0 aromatic heterocycles. The molecule has 0 saturated carbocycles. The lowest BCUT2D eigenvalue weighted by Gasteiger charge is -2.37. The molecule has 0 bridgehead atoms. The number of amides is 3. The number of hydrogen-bond acceptors (Lipinski definition) is 6. The number of nitrogens with one attached hydrogen (secondary N) is 3. The van der Waals surface area contributed by atoms with E-state index in [1.807, 2.05) is 20.8 Å². The minimum Gasteiger partial charge on any atom is -0.484 e. The summed E-state index contributed by atoms with van der Waals surface area (Å²) in [5.41, 5.74) is 5.09. The van der Waals surface area contributed by atoms with Crippen LogP contribution < -0.4 is 26.4 Å². The summed E-state index contributed by atoms with van der Waals surface area (Å²) in [7, 11) is 0.